The first-order valence-corrected chi connectivity index (χ1v) is 6.88. The predicted molar refractivity (Wildman–Crippen MR) is 76.7 cm³/mol. The number of ether oxygens (including phenoxy) is 3. The van der Waals surface area contributed by atoms with E-state index in [-0.39, 0.29) is 36.1 Å². The van der Waals surface area contributed by atoms with Gasteiger partial charge in [0.25, 0.3) is 0 Å². The lowest BCUT2D eigenvalue weighted by molar-refractivity contribution is -0.144. The Bertz CT molecular complexity index is 755. The zero-order valence-electron chi connectivity index (χ0n) is 12.6. The summed E-state index contributed by atoms with van der Waals surface area (Å²) in [5.74, 6) is -0.669. The average molecular weight is 337 g/mol. The van der Waals surface area contributed by atoms with Crippen LogP contribution in [-0.4, -0.2) is 29.0 Å². The maximum Gasteiger partial charge on any atom is 0.387 e. The number of hydrogen-bond acceptors (Lipinski definition) is 6. The van der Waals surface area contributed by atoms with Crippen LogP contribution < -0.4 is 9.47 Å². The molecular formula is C15H13F2N3O4. The highest BCUT2D eigenvalue weighted by atomic mass is 19.3. The van der Waals surface area contributed by atoms with Crippen molar-refractivity contribution in [2.24, 2.45) is 0 Å². The van der Waals surface area contributed by atoms with Crippen molar-refractivity contribution in [2.45, 2.75) is 20.1 Å². The van der Waals surface area contributed by atoms with Gasteiger partial charge in [0.15, 0.2) is 5.75 Å². The second kappa shape index (κ2) is 7.92. The van der Waals surface area contributed by atoms with Gasteiger partial charge in [-0.15, -0.1) is 0 Å². The summed E-state index contributed by atoms with van der Waals surface area (Å²) in [5.41, 5.74) is -0.193. The van der Waals surface area contributed by atoms with Gasteiger partial charge in [-0.3, -0.25) is 4.79 Å². The number of carbonyl (C=O) groups excluding carboxylic acids is 1. The fourth-order valence-electron chi connectivity index (χ4n) is 1.87. The van der Waals surface area contributed by atoms with Gasteiger partial charge < -0.3 is 14.2 Å². The molecule has 1 aromatic carbocycles. The molecule has 0 bridgehead atoms. The van der Waals surface area contributed by atoms with E-state index < -0.39 is 12.6 Å². The smallest absolute Gasteiger partial charge is 0.387 e. The van der Waals surface area contributed by atoms with Crippen molar-refractivity contribution in [3.63, 3.8) is 0 Å². The molecule has 0 atom stereocenters. The number of aromatic nitrogens is 2. The summed E-state index contributed by atoms with van der Waals surface area (Å²) in [6.45, 7) is -1.36. The molecule has 0 radical (unpaired) electrons. The van der Waals surface area contributed by atoms with Crippen molar-refractivity contribution < 1.29 is 27.8 Å². The molecule has 0 fully saturated rings. The van der Waals surface area contributed by atoms with Crippen molar-refractivity contribution in [1.29, 1.82) is 5.26 Å². The van der Waals surface area contributed by atoms with Crippen LogP contribution in [0.5, 0.6) is 17.4 Å². The Morgan fingerprint density at radius 3 is 2.79 bits per heavy atom. The summed E-state index contributed by atoms with van der Waals surface area (Å²) in [6, 6.07) is 7.26. The van der Waals surface area contributed by atoms with Crippen LogP contribution in [0.4, 0.5) is 8.78 Å². The summed E-state index contributed by atoms with van der Waals surface area (Å²) in [6.07, 6.45) is 1.39. The molecule has 24 heavy (non-hydrogen) atoms. The lowest BCUT2D eigenvalue weighted by Crippen LogP contribution is -2.15. The van der Waals surface area contributed by atoms with Crippen LogP contribution in [0.25, 0.3) is 0 Å². The lowest BCUT2D eigenvalue weighted by atomic mass is 10.2. The molecule has 0 aliphatic rings. The maximum atomic E-state index is 12.4. The number of nitriles is 1. The Labute approximate surface area is 136 Å². The summed E-state index contributed by atoms with van der Waals surface area (Å²) < 4.78 is 40.6. The third-order valence-corrected chi connectivity index (χ3v) is 2.79. The topological polar surface area (TPSA) is 86.4 Å². The first kappa shape index (κ1) is 17.2. The molecule has 126 valence electrons. The first-order valence-electron chi connectivity index (χ1n) is 6.88. The van der Waals surface area contributed by atoms with Gasteiger partial charge in [-0.1, -0.05) is 6.07 Å². The van der Waals surface area contributed by atoms with Crippen molar-refractivity contribution in [3.05, 3.63) is 36.0 Å². The quantitative estimate of drug-likeness (QED) is 0.722. The molecule has 0 saturated carbocycles. The van der Waals surface area contributed by atoms with E-state index in [9.17, 15) is 18.8 Å². The monoisotopic (exact) mass is 337 g/mol. The van der Waals surface area contributed by atoms with E-state index in [0.29, 0.717) is 0 Å². The minimum atomic E-state index is -3.07. The number of halogens is 2. The maximum absolute atomic E-state index is 12.4. The largest absolute Gasteiger partial charge is 0.465 e. The molecule has 1 aromatic heterocycles. The minimum absolute atomic E-state index is 0.00117. The summed E-state index contributed by atoms with van der Waals surface area (Å²) in [5, 5.41) is 13.1. The molecule has 9 heteroatoms. The van der Waals surface area contributed by atoms with Gasteiger partial charge >= 0.3 is 12.6 Å². The van der Waals surface area contributed by atoms with Crippen LogP contribution in [-0.2, 0) is 16.1 Å². The zero-order valence-corrected chi connectivity index (χ0v) is 12.6. The highest BCUT2D eigenvalue weighted by Gasteiger charge is 2.17. The zero-order chi connectivity index (χ0) is 17.5. The number of nitrogens with zero attached hydrogens (tertiary/aromatic N) is 3. The highest BCUT2D eigenvalue weighted by molar-refractivity contribution is 5.69. The van der Waals surface area contributed by atoms with Gasteiger partial charge in [-0.25, -0.2) is 4.68 Å². The van der Waals surface area contributed by atoms with Gasteiger partial charge in [-0.2, -0.15) is 19.1 Å². The van der Waals surface area contributed by atoms with E-state index in [1.54, 1.807) is 13.0 Å². The molecule has 0 spiro atoms. The second-order valence-electron chi connectivity index (χ2n) is 4.35. The van der Waals surface area contributed by atoms with Crippen molar-refractivity contribution in [2.75, 3.05) is 6.61 Å². The molecule has 0 saturated heterocycles. The predicted octanol–water partition coefficient (Wildman–Crippen LogP) is 2.71. The van der Waals surface area contributed by atoms with Gasteiger partial charge in [0.05, 0.1) is 12.8 Å². The Balaban J connectivity index is 2.25. The third kappa shape index (κ3) is 4.19. The van der Waals surface area contributed by atoms with E-state index >= 15 is 0 Å². The SMILES string of the molecule is CCOC(=O)Cn1nccc1Oc1cccc(OC(F)F)c1C#N. The number of esters is 1. The van der Waals surface area contributed by atoms with E-state index in [1.165, 1.54) is 35.1 Å². The number of benzene rings is 1. The molecule has 0 amide bonds. The fourth-order valence-corrected chi connectivity index (χ4v) is 1.87. The number of hydrogen-bond donors (Lipinski definition) is 0. The van der Waals surface area contributed by atoms with Crippen LogP contribution in [0.3, 0.4) is 0 Å². The van der Waals surface area contributed by atoms with Crippen molar-refractivity contribution >= 4 is 5.97 Å². The Kier molecular flexibility index (Phi) is 5.68. The minimum Gasteiger partial charge on any atom is -0.465 e. The normalized spacial score (nSPS) is 10.3. The van der Waals surface area contributed by atoms with Crippen LogP contribution >= 0.6 is 0 Å². The Hall–Kier alpha value is -3.15. The Morgan fingerprint density at radius 1 is 1.38 bits per heavy atom. The van der Waals surface area contributed by atoms with Gasteiger partial charge in [0.2, 0.25) is 5.88 Å². The number of carbonyl (C=O) groups is 1. The molecule has 0 N–H and O–H groups in total. The second-order valence-corrected chi connectivity index (χ2v) is 4.35. The molecule has 2 aromatic rings. The van der Waals surface area contributed by atoms with E-state index in [0.717, 1.165) is 0 Å². The molecular weight excluding hydrogens is 324 g/mol. The van der Waals surface area contributed by atoms with Crippen molar-refractivity contribution in [3.8, 4) is 23.4 Å². The van der Waals surface area contributed by atoms with E-state index in [4.69, 9.17) is 9.47 Å². The third-order valence-electron chi connectivity index (χ3n) is 2.79. The van der Waals surface area contributed by atoms with Crippen LogP contribution in [0.2, 0.25) is 0 Å². The van der Waals surface area contributed by atoms with Crippen LogP contribution in [0, 0.1) is 11.3 Å². The summed E-state index contributed by atoms with van der Waals surface area (Å²) >= 11 is 0. The number of alkyl halides is 2. The van der Waals surface area contributed by atoms with Gasteiger partial charge in [-0.05, 0) is 19.1 Å². The fraction of sp³-hybridized carbons (Fsp3) is 0.267. The Morgan fingerprint density at radius 2 is 2.12 bits per heavy atom. The standard InChI is InChI=1S/C15H13F2N3O4/c1-2-22-14(21)9-20-13(6-7-19-20)23-11-4-3-5-12(10(11)8-18)24-15(16)17/h3-7,15H,2,9H2,1H3. The molecule has 2 rings (SSSR count). The summed E-state index contributed by atoms with van der Waals surface area (Å²) in [4.78, 5) is 11.5. The first-order chi connectivity index (χ1) is 11.5. The average Bonchev–Trinajstić information content (AvgIpc) is 2.94. The molecule has 0 aliphatic heterocycles. The van der Waals surface area contributed by atoms with E-state index in [1.807, 2.05) is 0 Å². The van der Waals surface area contributed by atoms with Gasteiger partial charge in [0, 0.05) is 6.07 Å². The summed E-state index contributed by atoms with van der Waals surface area (Å²) in [7, 11) is 0. The number of rotatable bonds is 7. The van der Waals surface area contributed by atoms with Crippen LogP contribution in [0.1, 0.15) is 12.5 Å². The molecule has 1 heterocycles. The van der Waals surface area contributed by atoms with Gasteiger partial charge in [0.1, 0.15) is 23.9 Å². The highest BCUT2D eigenvalue weighted by Crippen LogP contribution is 2.32. The van der Waals surface area contributed by atoms with E-state index in [2.05, 4.69) is 9.84 Å². The van der Waals surface area contributed by atoms with Crippen LogP contribution in [0.15, 0.2) is 30.5 Å². The lowest BCUT2D eigenvalue weighted by Gasteiger charge is -2.12. The molecule has 0 aliphatic carbocycles. The van der Waals surface area contributed by atoms with Crippen molar-refractivity contribution in [1.82, 2.24) is 9.78 Å². The molecule has 0 unspecified atom stereocenters. The molecule has 7 nitrogen and oxygen atoms in total.